The van der Waals surface area contributed by atoms with Gasteiger partial charge in [0.1, 0.15) is 5.75 Å². The average molecular weight is 391 g/mol. The number of hydrogen-bond acceptors (Lipinski definition) is 5. The number of carbonyl (C=O) groups is 1. The highest BCUT2D eigenvalue weighted by molar-refractivity contribution is 7.91. The van der Waals surface area contributed by atoms with E-state index in [1.165, 1.54) is 0 Å². The largest absolute Gasteiger partial charge is 0.497 e. The van der Waals surface area contributed by atoms with Crippen molar-refractivity contribution >= 4 is 15.7 Å². The highest BCUT2D eigenvalue weighted by Crippen LogP contribution is 2.20. The fourth-order valence-electron chi connectivity index (χ4n) is 2.70. The molecule has 0 spiro atoms. The van der Waals surface area contributed by atoms with Gasteiger partial charge in [-0.3, -0.25) is 4.79 Å². The van der Waals surface area contributed by atoms with Crippen molar-refractivity contribution in [2.45, 2.75) is 17.4 Å². The lowest BCUT2D eigenvalue weighted by atomic mass is 10.1. The van der Waals surface area contributed by atoms with E-state index in [-0.39, 0.29) is 29.0 Å². The Morgan fingerprint density at radius 3 is 2.26 bits per heavy atom. The first-order valence-electron chi connectivity index (χ1n) is 8.68. The van der Waals surface area contributed by atoms with Crippen LogP contribution in [-0.2, 0) is 14.6 Å². The van der Waals surface area contributed by atoms with Gasteiger partial charge in [-0.2, -0.15) is 0 Å². The molecule has 0 aliphatic carbocycles. The molecule has 1 atom stereocenters. The van der Waals surface area contributed by atoms with Crippen molar-refractivity contribution in [1.29, 1.82) is 0 Å². The van der Waals surface area contributed by atoms with Gasteiger partial charge in [0.15, 0.2) is 9.84 Å². The maximum atomic E-state index is 12.3. The van der Waals surface area contributed by atoms with Gasteiger partial charge in [-0.05, 0) is 43.9 Å². The molecule has 0 radical (unpaired) electrons. The molecule has 0 bridgehead atoms. The van der Waals surface area contributed by atoms with Crippen molar-refractivity contribution in [2.75, 3.05) is 33.5 Å². The molecule has 6 nitrogen and oxygen atoms in total. The minimum absolute atomic E-state index is 0.0226. The molecule has 7 heteroatoms. The van der Waals surface area contributed by atoms with Gasteiger partial charge in [-0.25, -0.2) is 8.42 Å². The standard InChI is InChI=1S/C20H26N2O4S/c1-22(2)19(16-9-11-17(26-3)12-10-16)15-21-20(23)13-14-27(24,25)18-7-5-4-6-8-18/h4-12,19H,13-15H2,1-3H3,(H,21,23). The summed E-state index contributed by atoms with van der Waals surface area (Å²) in [4.78, 5) is 14.4. The molecule has 1 unspecified atom stereocenters. The molecular formula is C20H26N2O4S. The smallest absolute Gasteiger partial charge is 0.221 e. The number of nitrogens with zero attached hydrogens (tertiary/aromatic N) is 1. The van der Waals surface area contributed by atoms with Crippen LogP contribution in [0.1, 0.15) is 18.0 Å². The first kappa shape index (κ1) is 20.9. The molecule has 0 aliphatic heterocycles. The van der Waals surface area contributed by atoms with Crippen LogP contribution in [-0.4, -0.2) is 52.7 Å². The summed E-state index contributed by atoms with van der Waals surface area (Å²) >= 11 is 0. The summed E-state index contributed by atoms with van der Waals surface area (Å²) in [6, 6.07) is 15.8. The number of rotatable bonds is 9. The van der Waals surface area contributed by atoms with Crippen LogP contribution >= 0.6 is 0 Å². The third kappa shape index (κ3) is 6.08. The number of likely N-dealkylation sites (N-methyl/N-ethyl adjacent to an activating group) is 1. The van der Waals surface area contributed by atoms with Crippen LogP contribution < -0.4 is 10.1 Å². The van der Waals surface area contributed by atoms with Crippen molar-refractivity contribution in [3.05, 3.63) is 60.2 Å². The zero-order chi connectivity index (χ0) is 19.9. The monoisotopic (exact) mass is 390 g/mol. The van der Waals surface area contributed by atoms with Crippen LogP contribution in [0.15, 0.2) is 59.5 Å². The van der Waals surface area contributed by atoms with Crippen molar-refractivity contribution in [2.24, 2.45) is 0 Å². The van der Waals surface area contributed by atoms with Gasteiger partial charge >= 0.3 is 0 Å². The summed E-state index contributed by atoms with van der Waals surface area (Å²) in [5.74, 6) is 0.277. The quantitative estimate of drug-likeness (QED) is 0.711. The zero-order valence-corrected chi connectivity index (χ0v) is 16.7. The first-order valence-corrected chi connectivity index (χ1v) is 10.3. The molecule has 0 fully saturated rings. The summed E-state index contributed by atoms with van der Waals surface area (Å²) in [6.45, 7) is 0.392. The molecular weight excluding hydrogens is 364 g/mol. The zero-order valence-electron chi connectivity index (χ0n) is 15.9. The Hall–Kier alpha value is -2.38. The molecule has 0 heterocycles. The van der Waals surface area contributed by atoms with E-state index in [4.69, 9.17) is 4.74 Å². The second kappa shape index (κ2) is 9.53. The van der Waals surface area contributed by atoms with Crippen LogP contribution in [0.25, 0.3) is 0 Å². The third-order valence-corrected chi connectivity index (χ3v) is 6.05. The number of hydrogen-bond donors (Lipinski definition) is 1. The summed E-state index contributed by atoms with van der Waals surface area (Å²) in [5, 5.41) is 2.84. The van der Waals surface area contributed by atoms with Crippen LogP contribution in [0.5, 0.6) is 5.75 Å². The maximum Gasteiger partial charge on any atom is 0.221 e. The maximum absolute atomic E-state index is 12.3. The first-order chi connectivity index (χ1) is 12.8. The molecule has 146 valence electrons. The molecule has 0 saturated heterocycles. The molecule has 0 saturated carbocycles. The van der Waals surface area contributed by atoms with E-state index >= 15 is 0 Å². The van der Waals surface area contributed by atoms with Crippen LogP contribution in [0, 0.1) is 0 Å². The van der Waals surface area contributed by atoms with Crippen molar-refractivity contribution in [1.82, 2.24) is 10.2 Å². The average Bonchev–Trinajstić information content (AvgIpc) is 2.67. The number of sulfone groups is 1. The highest BCUT2D eigenvalue weighted by Gasteiger charge is 2.18. The summed E-state index contributed by atoms with van der Waals surface area (Å²) in [7, 11) is 2.02. The van der Waals surface area contributed by atoms with Gasteiger partial charge in [0.2, 0.25) is 5.91 Å². The summed E-state index contributed by atoms with van der Waals surface area (Å²) in [5.41, 5.74) is 1.04. The van der Waals surface area contributed by atoms with E-state index in [0.29, 0.717) is 6.54 Å². The van der Waals surface area contributed by atoms with E-state index < -0.39 is 9.84 Å². The van der Waals surface area contributed by atoms with E-state index in [0.717, 1.165) is 11.3 Å². The molecule has 0 aromatic heterocycles. The fourth-order valence-corrected chi connectivity index (χ4v) is 3.96. The normalized spacial score (nSPS) is 12.6. The van der Waals surface area contributed by atoms with Crippen molar-refractivity contribution in [3.8, 4) is 5.75 Å². The predicted octanol–water partition coefficient (Wildman–Crippen LogP) is 2.28. The topological polar surface area (TPSA) is 75.7 Å². The summed E-state index contributed by atoms with van der Waals surface area (Å²) < 4.78 is 29.7. The third-order valence-electron chi connectivity index (χ3n) is 4.32. The minimum Gasteiger partial charge on any atom is -0.497 e. The summed E-state index contributed by atoms with van der Waals surface area (Å²) in [6.07, 6.45) is -0.0695. The SMILES string of the molecule is COc1ccc(C(CNC(=O)CCS(=O)(=O)c2ccccc2)N(C)C)cc1. The lowest BCUT2D eigenvalue weighted by Gasteiger charge is -2.25. The fraction of sp³-hybridized carbons (Fsp3) is 0.350. The molecule has 2 rings (SSSR count). The van der Waals surface area contributed by atoms with Gasteiger partial charge in [0.05, 0.1) is 23.8 Å². The molecule has 2 aromatic rings. The van der Waals surface area contributed by atoms with Gasteiger partial charge in [0, 0.05) is 13.0 Å². The van der Waals surface area contributed by atoms with E-state index in [2.05, 4.69) is 5.32 Å². The van der Waals surface area contributed by atoms with Crippen molar-refractivity contribution < 1.29 is 17.9 Å². The van der Waals surface area contributed by atoms with Gasteiger partial charge in [-0.1, -0.05) is 30.3 Å². The van der Waals surface area contributed by atoms with Gasteiger partial charge in [0.25, 0.3) is 0 Å². The van der Waals surface area contributed by atoms with E-state index in [9.17, 15) is 13.2 Å². The Morgan fingerprint density at radius 1 is 1.07 bits per heavy atom. The van der Waals surface area contributed by atoms with Gasteiger partial charge in [-0.15, -0.1) is 0 Å². The Labute approximate surface area is 161 Å². The predicted molar refractivity (Wildman–Crippen MR) is 106 cm³/mol. The Balaban J connectivity index is 1.92. The number of nitrogens with one attached hydrogen (secondary N) is 1. The lowest BCUT2D eigenvalue weighted by Crippen LogP contribution is -2.35. The van der Waals surface area contributed by atoms with Crippen molar-refractivity contribution in [3.63, 3.8) is 0 Å². The Bertz CT molecular complexity index is 834. The molecule has 2 aromatic carbocycles. The molecule has 27 heavy (non-hydrogen) atoms. The number of ether oxygens (including phenoxy) is 1. The number of carbonyl (C=O) groups excluding carboxylic acids is 1. The second-order valence-corrected chi connectivity index (χ2v) is 8.55. The highest BCUT2D eigenvalue weighted by atomic mass is 32.2. The second-order valence-electron chi connectivity index (χ2n) is 6.44. The van der Waals surface area contributed by atoms with Crippen LogP contribution in [0.3, 0.4) is 0 Å². The molecule has 0 aliphatic rings. The van der Waals surface area contributed by atoms with Crippen LogP contribution in [0.2, 0.25) is 0 Å². The lowest BCUT2D eigenvalue weighted by molar-refractivity contribution is -0.120. The van der Waals surface area contributed by atoms with Gasteiger partial charge < -0.3 is 15.0 Å². The molecule has 1 amide bonds. The molecule has 1 N–H and O–H groups in total. The number of benzene rings is 2. The Morgan fingerprint density at radius 2 is 1.70 bits per heavy atom. The minimum atomic E-state index is -3.46. The van der Waals surface area contributed by atoms with E-state index in [1.807, 2.05) is 43.3 Å². The van der Waals surface area contributed by atoms with Crippen LogP contribution in [0.4, 0.5) is 0 Å². The Kier molecular flexibility index (Phi) is 7.38. The number of methoxy groups -OCH3 is 1. The van der Waals surface area contributed by atoms with E-state index in [1.54, 1.807) is 37.4 Å². The number of amides is 1.